The Hall–Kier alpha value is -4.99. The molecule has 0 saturated carbocycles. The number of carbonyl (C=O) groups excluding carboxylic acids is 2. The molecule has 10 heteroatoms. The number of allylic oxidation sites excluding steroid dienone is 2. The second kappa shape index (κ2) is 11.9. The molecule has 2 amide bonds. The lowest BCUT2D eigenvalue weighted by atomic mass is 10.0. The summed E-state index contributed by atoms with van der Waals surface area (Å²) in [5.41, 5.74) is 9.40. The minimum atomic E-state index is -0.919. The Bertz CT molecular complexity index is 1910. The second-order valence-electron chi connectivity index (χ2n) is 11.3. The molecule has 44 heavy (non-hydrogen) atoms. The first kappa shape index (κ1) is 30.5. The summed E-state index contributed by atoms with van der Waals surface area (Å²) in [4.78, 5) is 55.5. The quantitative estimate of drug-likeness (QED) is 0.265. The van der Waals surface area contributed by atoms with Crippen LogP contribution in [0.5, 0.6) is 0 Å². The normalized spacial score (nSPS) is 17.7. The van der Waals surface area contributed by atoms with E-state index in [4.69, 9.17) is 0 Å². The number of carboxylic acid groups (broad SMARTS) is 2. The van der Waals surface area contributed by atoms with Crippen molar-refractivity contribution in [2.45, 2.75) is 66.2 Å². The summed E-state index contributed by atoms with van der Waals surface area (Å²) in [6.45, 7) is 11.9. The van der Waals surface area contributed by atoms with E-state index in [2.05, 4.69) is 21.9 Å². The topological polar surface area (TPSA) is 155 Å². The molecule has 2 aromatic rings. The molecule has 228 valence electrons. The van der Waals surface area contributed by atoms with Gasteiger partial charge in [-0.15, -0.1) is 0 Å². The predicted octanol–water partition coefficient (Wildman–Crippen LogP) is 2.54. The molecular formula is C34H37N4O6+. The van der Waals surface area contributed by atoms with Gasteiger partial charge in [-0.1, -0.05) is 19.6 Å². The molecule has 2 aromatic heterocycles. The second-order valence-corrected chi connectivity index (χ2v) is 11.3. The average Bonchev–Trinajstić information content (AvgIpc) is 3.56. The lowest BCUT2D eigenvalue weighted by molar-refractivity contribution is -0.439. The van der Waals surface area contributed by atoms with Crippen LogP contribution in [0.4, 0.5) is 0 Å². The first-order chi connectivity index (χ1) is 20.9. The van der Waals surface area contributed by atoms with Crippen LogP contribution < -0.4 is 16.0 Å². The number of aliphatic carboxylic acids is 2. The van der Waals surface area contributed by atoms with Crippen molar-refractivity contribution >= 4 is 47.7 Å². The summed E-state index contributed by atoms with van der Waals surface area (Å²) in [5.74, 6) is -2.00. The summed E-state index contributed by atoms with van der Waals surface area (Å²) >= 11 is 0. The van der Waals surface area contributed by atoms with Crippen molar-refractivity contribution in [1.82, 2.24) is 15.3 Å². The molecule has 0 radical (unpaired) electrons. The Morgan fingerprint density at radius 2 is 1.66 bits per heavy atom. The van der Waals surface area contributed by atoms with Crippen molar-refractivity contribution in [3.05, 3.63) is 85.0 Å². The van der Waals surface area contributed by atoms with E-state index in [0.717, 1.165) is 55.5 Å². The number of nitrogens with one attached hydrogen (secondary N) is 3. The van der Waals surface area contributed by atoms with Gasteiger partial charge >= 0.3 is 17.8 Å². The van der Waals surface area contributed by atoms with Crippen LogP contribution in [-0.4, -0.2) is 60.8 Å². The molecule has 0 spiro atoms. The lowest BCUT2D eigenvalue weighted by Crippen LogP contribution is -2.24. The van der Waals surface area contributed by atoms with Crippen molar-refractivity contribution in [1.29, 1.82) is 0 Å². The molecular weight excluding hydrogens is 560 g/mol. The summed E-state index contributed by atoms with van der Waals surface area (Å²) in [6, 6.07) is 0. The number of H-pyrrole nitrogens is 2. The molecule has 0 atom stereocenters. The maximum absolute atomic E-state index is 13.0. The van der Waals surface area contributed by atoms with Gasteiger partial charge in [0.15, 0.2) is 6.54 Å². The fraction of sp³-hybridized carbons (Fsp3) is 0.324. The number of rotatable bonds is 10. The molecule has 0 aliphatic carbocycles. The lowest BCUT2D eigenvalue weighted by Gasteiger charge is -2.03. The van der Waals surface area contributed by atoms with Crippen LogP contribution in [-0.2, 0) is 38.4 Å². The first-order valence-corrected chi connectivity index (χ1v) is 14.8. The van der Waals surface area contributed by atoms with Gasteiger partial charge in [0.1, 0.15) is 0 Å². The number of aromatic nitrogens is 2. The van der Waals surface area contributed by atoms with Gasteiger partial charge in [-0.2, -0.15) is 4.58 Å². The van der Waals surface area contributed by atoms with Crippen molar-refractivity contribution in [3.8, 4) is 0 Å². The highest BCUT2D eigenvalue weighted by atomic mass is 16.4. The maximum atomic E-state index is 13.0. The summed E-state index contributed by atoms with van der Waals surface area (Å²) in [6.07, 6.45) is 8.99. The van der Waals surface area contributed by atoms with Crippen molar-refractivity contribution < 1.29 is 34.0 Å². The van der Waals surface area contributed by atoms with E-state index >= 15 is 0 Å². The number of carboxylic acids is 2. The Balaban J connectivity index is 1.70. The number of nitrogens with zero attached hydrogens (tertiary/aromatic N) is 1. The van der Waals surface area contributed by atoms with Gasteiger partial charge < -0.3 is 25.5 Å². The highest BCUT2D eigenvalue weighted by Gasteiger charge is 2.37. The Morgan fingerprint density at radius 3 is 2.30 bits per heavy atom. The summed E-state index contributed by atoms with van der Waals surface area (Å²) in [7, 11) is 0. The SMILES string of the molecule is C=CC1=C(C)C(=O)N/C1=C\c1[nH]c(C=c2[nH]c3c(c2CCC(=O)O)CC[N+]2=C(C=3)C(C)=C(CC)C2=O)c(CCC(=O)O)c1C. The third-order valence-corrected chi connectivity index (χ3v) is 8.83. The van der Waals surface area contributed by atoms with Crippen LogP contribution in [0.2, 0.25) is 0 Å². The van der Waals surface area contributed by atoms with Gasteiger partial charge in [0.05, 0.1) is 11.3 Å². The monoisotopic (exact) mass is 597 g/mol. The minimum absolute atomic E-state index is 0.0231. The molecule has 0 fully saturated rings. The van der Waals surface area contributed by atoms with Gasteiger partial charge in [0, 0.05) is 64.1 Å². The number of aromatic amines is 2. The highest BCUT2D eigenvalue weighted by Crippen LogP contribution is 2.28. The van der Waals surface area contributed by atoms with Crippen molar-refractivity contribution in [2.75, 3.05) is 6.54 Å². The molecule has 5 N–H and O–H groups in total. The molecule has 0 bridgehead atoms. The molecule has 3 aliphatic rings. The smallest absolute Gasteiger partial charge is 0.416 e. The number of hydrogen-bond acceptors (Lipinski definition) is 4. The molecule has 3 aliphatic heterocycles. The number of carbonyl (C=O) groups is 4. The van der Waals surface area contributed by atoms with E-state index in [-0.39, 0.29) is 31.1 Å². The zero-order chi connectivity index (χ0) is 31.9. The van der Waals surface area contributed by atoms with Gasteiger partial charge in [-0.05, 0) is 74.4 Å². The molecule has 0 aromatic carbocycles. The van der Waals surface area contributed by atoms with E-state index in [1.165, 1.54) is 0 Å². The molecule has 10 nitrogen and oxygen atoms in total. The van der Waals surface area contributed by atoms with E-state index in [9.17, 15) is 29.4 Å². The van der Waals surface area contributed by atoms with Crippen LogP contribution in [0.25, 0.3) is 18.2 Å². The van der Waals surface area contributed by atoms with Crippen molar-refractivity contribution in [3.63, 3.8) is 0 Å². The van der Waals surface area contributed by atoms with Crippen LogP contribution >= 0.6 is 0 Å². The standard InChI is InChI=1S/C34H36N4O6/c1-6-20-19(5)33(43)37-26(20)14-25-17(3)22(8-10-31(39)40)27(35-25)15-28-23(9-11-32(41)42)24-12-13-38-30(16-29(24)36-28)18(4)21(7-2)34(38)44/h6,14-16H,1,7-13H2,2-5H3,(H4,35,36,37,39,40,41,42,43,44)/p+1. The summed E-state index contributed by atoms with van der Waals surface area (Å²) < 4.78 is 1.81. The molecule has 5 heterocycles. The first-order valence-electron chi connectivity index (χ1n) is 14.8. The third kappa shape index (κ3) is 5.43. The summed E-state index contributed by atoms with van der Waals surface area (Å²) in [5, 5.41) is 23.4. The van der Waals surface area contributed by atoms with E-state index in [1.807, 2.05) is 39.0 Å². The van der Waals surface area contributed by atoms with Crippen LogP contribution in [0.3, 0.4) is 0 Å². The Kier molecular flexibility index (Phi) is 8.27. The number of fused-ring (bicyclic) bond motifs is 1. The third-order valence-electron chi connectivity index (χ3n) is 8.83. The van der Waals surface area contributed by atoms with Gasteiger partial charge in [-0.25, -0.2) is 4.79 Å². The Labute approximate surface area is 254 Å². The van der Waals surface area contributed by atoms with Gasteiger partial charge in [0.2, 0.25) is 5.71 Å². The Morgan fingerprint density at radius 1 is 0.977 bits per heavy atom. The van der Waals surface area contributed by atoms with E-state index in [0.29, 0.717) is 48.3 Å². The largest absolute Gasteiger partial charge is 0.481 e. The fourth-order valence-electron chi connectivity index (χ4n) is 6.42. The zero-order valence-electron chi connectivity index (χ0n) is 25.4. The molecule has 0 unspecified atom stereocenters. The fourth-order valence-corrected chi connectivity index (χ4v) is 6.42. The number of amides is 2. The maximum Gasteiger partial charge on any atom is 0.416 e. The minimum Gasteiger partial charge on any atom is -0.481 e. The van der Waals surface area contributed by atoms with Gasteiger partial charge in [0.25, 0.3) is 5.91 Å². The average molecular weight is 598 g/mol. The van der Waals surface area contributed by atoms with Gasteiger partial charge in [-0.3, -0.25) is 14.4 Å². The van der Waals surface area contributed by atoms with E-state index < -0.39 is 11.9 Å². The molecule has 0 saturated heterocycles. The number of hydrogen-bond donors (Lipinski definition) is 5. The van der Waals surface area contributed by atoms with Crippen LogP contribution in [0.1, 0.15) is 73.7 Å². The predicted molar refractivity (Wildman–Crippen MR) is 166 cm³/mol. The zero-order valence-corrected chi connectivity index (χ0v) is 25.4. The highest BCUT2D eigenvalue weighted by molar-refractivity contribution is 6.24. The van der Waals surface area contributed by atoms with Crippen molar-refractivity contribution in [2.24, 2.45) is 0 Å². The van der Waals surface area contributed by atoms with Crippen LogP contribution in [0, 0.1) is 6.92 Å². The van der Waals surface area contributed by atoms with E-state index in [1.54, 1.807) is 17.6 Å². The van der Waals surface area contributed by atoms with Crippen LogP contribution in [0.15, 0.2) is 40.6 Å². The molecule has 5 rings (SSSR count).